The number of alkyl halides is 1. The predicted octanol–water partition coefficient (Wildman–Crippen LogP) is 8.35. The molecule has 0 aliphatic heterocycles. The number of hydrogen-bond acceptors (Lipinski definition) is 3. The Hall–Kier alpha value is -3.97. The Morgan fingerprint density at radius 3 is 2.15 bits per heavy atom. The van der Waals surface area contributed by atoms with Crippen LogP contribution >= 0.6 is 0 Å². The van der Waals surface area contributed by atoms with Gasteiger partial charge in [0.25, 0.3) is 0 Å². The molecular formula is C32H33F3N4. The van der Waals surface area contributed by atoms with Crippen molar-refractivity contribution in [3.63, 3.8) is 0 Å². The van der Waals surface area contributed by atoms with Gasteiger partial charge in [0.2, 0.25) is 0 Å². The number of fused-ring (bicyclic) bond motifs is 1. The molecule has 3 aromatic carbocycles. The molecule has 0 atom stereocenters. The number of halogens is 3. The van der Waals surface area contributed by atoms with Gasteiger partial charge in [-0.05, 0) is 55.5 Å². The Balaban J connectivity index is 0.000000662. The van der Waals surface area contributed by atoms with Gasteiger partial charge < -0.3 is 5.73 Å². The van der Waals surface area contributed by atoms with Gasteiger partial charge in [-0.15, -0.1) is 0 Å². The molecule has 0 radical (unpaired) electrons. The maximum Gasteiger partial charge on any atom is 0.163 e. The van der Waals surface area contributed by atoms with E-state index in [1.807, 2.05) is 62.5 Å². The molecule has 0 spiro atoms. The topological polar surface area (TPSA) is 56.2 Å². The van der Waals surface area contributed by atoms with Crippen LogP contribution in [0.25, 0.3) is 39.2 Å². The van der Waals surface area contributed by atoms with Gasteiger partial charge in [0.05, 0.1) is 18.6 Å². The minimum Gasteiger partial charge on any atom is -0.321 e. The molecule has 4 nitrogen and oxygen atoms in total. The minimum atomic E-state index is -0.523. The standard InChI is InChI=1S/C28H22F2N4.C2H5F.C2H6/c29-21-11-12-25(30)22(15-21)23-16-32-34-17-24(18-5-2-1-3-6-18)26(33-27(23)34)19-7-9-20(10-8-19)28(31)13-4-14-28;1-2-3;1-2/h1-3,5-12,15-17H,4,13-14,31H2;2H2,1H3;1-2H3. The third-order valence-corrected chi connectivity index (χ3v) is 6.78. The van der Waals surface area contributed by atoms with Crippen LogP contribution in [-0.4, -0.2) is 21.3 Å². The van der Waals surface area contributed by atoms with E-state index in [4.69, 9.17) is 10.7 Å². The van der Waals surface area contributed by atoms with E-state index < -0.39 is 11.6 Å². The second-order valence-corrected chi connectivity index (χ2v) is 9.17. The van der Waals surface area contributed by atoms with Gasteiger partial charge >= 0.3 is 0 Å². The summed E-state index contributed by atoms with van der Waals surface area (Å²) in [5.41, 5.74) is 11.9. The fourth-order valence-corrected chi connectivity index (χ4v) is 4.66. The summed E-state index contributed by atoms with van der Waals surface area (Å²) in [5.74, 6) is -1.04. The van der Waals surface area contributed by atoms with Crippen LogP contribution in [-0.2, 0) is 5.54 Å². The first kappa shape index (κ1) is 28.0. The fraction of sp³-hybridized carbons (Fsp3) is 0.250. The van der Waals surface area contributed by atoms with Gasteiger partial charge in [0, 0.05) is 34.0 Å². The van der Waals surface area contributed by atoms with Crippen LogP contribution < -0.4 is 5.73 Å². The van der Waals surface area contributed by atoms with Crippen molar-refractivity contribution >= 4 is 5.65 Å². The largest absolute Gasteiger partial charge is 0.321 e. The molecule has 1 aliphatic carbocycles. The van der Waals surface area contributed by atoms with Gasteiger partial charge in [0.15, 0.2) is 5.65 Å². The van der Waals surface area contributed by atoms with Crippen molar-refractivity contribution in [2.75, 3.05) is 6.67 Å². The summed E-state index contributed by atoms with van der Waals surface area (Å²) in [7, 11) is 0. The number of nitrogens with two attached hydrogens (primary N) is 1. The third kappa shape index (κ3) is 5.73. The maximum atomic E-state index is 14.6. The van der Waals surface area contributed by atoms with Gasteiger partial charge in [-0.25, -0.2) is 18.3 Å². The molecule has 6 rings (SSSR count). The molecule has 0 saturated heterocycles. The molecule has 0 bridgehead atoms. The van der Waals surface area contributed by atoms with Crippen molar-refractivity contribution in [2.45, 2.75) is 45.6 Å². The molecule has 5 aromatic rings. The fourth-order valence-electron chi connectivity index (χ4n) is 4.66. The molecule has 0 amide bonds. The van der Waals surface area contributed by atoms with Crippen LogP contribution in [0.2, 0.25) is 0 Å². The first-order valence-corrected chi connectivity index (χ1v) is 13.3. The second-order valence-electron chi connectivity index (χ2n) is 9.17. The zero-order valence-electron chi connectivity index (χ0n) is 22.5. The molecule has 1 saturated carbocycles. The summed E-state index contributed by atoms with van der Waals surface area (Å²) in [6.45, 7) is 5.21. The van der Waals surface area contributed by atoms with E-state index in [2.05, 4.69) is 17.2 Å². The highest BCUT2D eigenvalue weighted by atomic mass is 19.1. The summed E-state index contributed by atoms with van der Waals surface area (Å²) in [4.78, 5) is 4.93. The Morgan fingerprint density at radius 2 is 1.54 bits per heavy atom. The van der Waals surface area contributed by atoms with Crippen LogP contribution in [0, 0.1) is 11.6 Å². The van der Waals surface area contributed by atoms with E-state index in [0.29, 0.717) is 11.2 Å². The smallest absolute Gasteiger partial charge is 0.163 e. The van der Waals surface area contributed by atoms with Crippen molar-refractivity contribution in [3.8, 4) is 33.5 Å². The monoisotopic (exact) mass is 530 g/mol. The number of hydrogen-bond donors (Lipinski definition) is 1. The average molecular weight is 531 g/mol. The van der Waals surface area contributed by atoms with Crippen molar-refractivity contribution in [2.24, 2.45) is 5.73 Å². The molecule has 7 heteroatoms. The van der Waals surface area contributed by atoms with Crippen molar-refractivity contribution in [1.82, 2.24) is 14.6 Å². The van der Waals surface area contributed by atoms with Crippen LogP contribution in [0.1, 0.15) is 45.6 Å². The third-order valence-electron chi connectivity index (χ3n) is 6.78. The highest BCUT2D eigenvalue weighted by Crippen LogP contribution is 2.40. The Bertz CT molecular complexity index is 1530. The van der Waals surface area contributed by atoms with Crippen molar-refractivity contribution in [1.29, 1.82) is 0 Å². The minimum absolute atomic E-state index is 0.131. The first-order chi connectivity index (χ1) is 18.9. The van der Waals surface area contributed by atoms with Crippen LogP contribution in [0.15, 0.2) is 85.2 Å². The van der Waals surface area contributed by atoms with Gasteiger partial charge in [-0.3, -0.25) is 4.39 Å². The lowest BCUT2D eigenvalue weighted by molar-refractivity contribution is 0.253. The van der Waals surface area contributed by atoms with Crippen LogP contribution in [0.5, 0.6) is 0 Å². The SMILES string of the molecule is CC.CCF.NC1(c2ccc(-c3nc4c(-c5cc(F)ccc5F)cnn4cc3-c3ccccc3)cc2)CCC1. The molecule has 1 aliphatic rings. The summed E-state index contributed by atoms with van der Waals surface area (Å²) >= 11 is 0. The number of nitrogens with zero attached hydrogens (tertiary/aromatic N) is 3. The van der Waals surface area contributed by atoms with E-state index in [1.165, 1.54) is 19.2 Å². The zero-order valence-corrected chi connectivity index (χ0v) is 22.5. The van der Waals surface area contributed by atoms with Crippen LogP contribution in [0.4, 0.5) is 13.2 Å². The lowest BCUT2D eigenvalue weighted by atomic mass is 9.72. The van der Waals surface area contributed by atoms with E-state index in [0.717, 1.165) is 59.3 Å². The normalized spacial score (nSPS) is 13.5. The zero-order chi connectivity index (χ0) is 28.0. The van der Waals surface area contributed by atoms with Gasteiger partial charge in [-0.2, -0.15) is 5.10 Å². The van der Waals surface area contributed by atoms with E-state index >= 15 is 0 Å². The van der Waals surface area contributed by atoms with Crippen molar-refractivity contribution < 1.29 is 13.2 Å². The average Bonchev–Trinajstić information content (AvgIpc) is 3.37. The second kappa shape index (κ2) is 12.3. The molecule has 1 fully saturated rings. The Kier molecular flexibility index (Phi) is 8.82. The molecule has 39 heavy (non-hydrogen) atoms. The molecular weight excluding hydrogens is 497 g/mol. The predicted molar refractivity (Wildman–Crippen MR) is 152 cm³/mol. The molecule has 0 unspecified atom stereocenters. The Labute approximate surface area is 227 Å². The van der Waals surface area contributed by atoms with E-state index in [-0.39, 0.29) is 17.8 Å². The summed E-state index contributed by atoms with van der Waals surface area (Å²) in [6, 6.07) is 21.5. The molecule has 2 aromatic heterocycles. The number of rotatable bonds is 4. The first-order valence-electron chi connectivity index (χ1n) is 13.3. The highest BCUT2D eigenvalue weighted by molar-refractivity contribution is 5.85. The van der Waals surface area contributed by atoms with E-state index in [1.54, 1.807) is 4.52 Å². The molecule has 202 valence electrons. The summed E-state index contributed by atoms with van der Waals surface area (Å²) < 4.78 is 40.4. The highest BCUT2D eigenvalue weighted by Gasteiger charge is 2.34. The van der Waals surface area contributed by atoms with Crippen LogP contribution in [0.3, 0.4) is 0 Å². The van der Waals surface area contributed by atoms with Crippen molar-refractivity contribution in [3.05, 3.63) is 102 Å². The quantitative estimate of drug-likeness (QED) is 0.254. The van der Waals surface area contributed by atoms with Gasteiger partial charge in [0.1, 0.15) is 11.6 Å². The maximum absolute atomic E-state index is 14.6. The van der Waals surface area contributed by atoms with Gasteiger partial charge in [-0.1, -0.05) is 68.4 Å². The molecule has 2 heterocycles. The Morgan fingerprint density at radius 1 is 0.872 bits per heavy atom. The summed E-state index contributed by atoms with van der Waals surface area (Å²) in [5, 5.41) is 4.40. The number of benzene rings is 3. The molecule has 2 N–H and O–H groups in total. The number of aromatic nitrogens is 3. The lowest BCUT2D eigenvalue weighted by Gasteiger charge is -2.38. The summed E-state index contributed by atoms with van der Waals surface area (Å²) in [6.07, 6.45) is 6.54. The van der Waals surface area contributed by atoms with E-state index in [9.17, 15) is 13.2 Å². The lowest BCUT2D eigenvalue weighted by Crippen LogP contribution is -2.43.